The fraction of sp³-hybridized carbons (Fsp3) is 0.615. The van der Waals surface area contributed by atoms with E-state index < -0.39 is 0 Å². The van der Waals surface area contributed by atoms with Crippen molar-refractivity contribution in [3.8, 4) is 17.0 Å². The molecule has 0 bridgehead atoms. The highest BCUT2D eigenvalue weighted by Gasteiger charge is 2.34. The minimum absolute atomic E-state index is 0.0210. The van der Waals surface area contributed by atoms with Crippen LogP contribution in [0.25, 0.3) is 11.3 Å². The van der Waals surface area contributed by atoms with Gasteiger partial charge in [-0.15, -0.1) is 0 Å². The number of carbonyl (C=O) groups is 2. The summed E-state index contributed by atoms with van der Waals surface area (Å²) in [5.74, 6) is 2.99. The first-order valence-corrected chi connectivity index (χ1v) is 18.2. The van der Waals surface area contributed by atoms with Crippen LogP contribution in [0.3, 0.4) is 0 Å². The molecule has 1 N–H and O–H groups in total. The van der Waals surface area contributed by atoms with Crippen molar-refractivity contribution in [2.45, 2.75) is 117 Å². The van der Waals surface area contributed by atoms with Gasteiger partial charge in [0.25, 0.3) is 0 Å². The first-order valence-electron chi connectivity index (χ1n) is 18.2. The van der Waals surface area contributed by atoms with Gasteiger partial charge >= 0.3 is 6.09 Å². The SMILES string of the molecule is CCC(C)(C)CNC(=O)OC1CCC(C(=O)N(CC2CCC(c3ccc(OC)c(C)n3)CC2)c2cc(-c3coc(C(C)C)n3)ccn2)CC1. The van der Waals surface area contributed by atoms with Gasteiger partial charge in [0.15, 0.2) is 5.89 Å². The van der Waals surface area contributed by atoms with Gasteiger partial charge in [-0.05, 0) is 100 Å². The van der Waals surface area contributed by atoms with Crippen LogP contribution in [0.1, 0.15) is 122 Å². The van der Waals surface area contributed by atoms with Gasteiger partial charge in [0.2, 0.25) is 5.91 Å². The van der Waals surface area contributed by atoms with Crippen molar-refractivity contribution >= 4 is 17.8 Å². The number of oxazole rings is 1. The summed E-state index contributed by atoms with van der Waals surface area (Å²) in [6, 6.07) is 7.98. The third-order valence-corrected chi connectivity index (χ3v) is 10.5. The summed E-state index contributed by atoms with van der Waals surface area (Å²) >= 11 is 0. The highest BCUT2D eigenvalue weighted by molar-refractivity contribution is 5.94. The first-order chi connectivity index (χ1) is 23.5. The molecule has 2 aliphatic carbocycles. The minimum Gasteiger partial charge on any atom is -0.495 e. The Morgan fingerprint density at radius 2 is 1.78 bits per heavy atom. The maximum Gasteiger partial charge on any atom is 0.407 e. The zero-order valence-corrected chi connectivity index (χ0v) is 30.5. The molecule has 5 rings (SSSR count). The van der Waals surface area contributed by atoms with Gasteiger partial charge in [0.05, 0.1) is 12.8 Å². The minimum atomic E-state index is -0.372. The van der Waals surface area contributed by atoms with E-state index in [0.29, 0.717) is 62.3 Å². The van der Waals surface area contributed by atoms with Crippen molar-refractivity contribution in [2.75, 3.05) is 25.1 Å². The normalized spacial score (nSPS) is 21.3. The Hall–Kier alpha value is -3.95. The average molecular weight is 674 g/mol. The summed E-state index contributed by atoms with van der Waals surface area (Å²) < 4.78 is 16.9. The molecule has 0 unspecified atom stereocenters. The highest BCUT2D eigenvalue weighted by atomic mass is 16.6. The van der Waals surface area contributed by atoms with E-state index in [1.807, 2.05) is 43.9 Å². The Balaban J connectivity index is 1.27. The maximum atomic E-state index is 14.4. The lowest BCUT2D eigenvalue weighted by Gasteiger charge is -2.35. The molecule has 2 fully saturated rings. The van der Waals surface area contributed by atoms with Gasteiger partial charge in [0, 0.05) is 48.3 Å². The molecule has 266 valence electrons. The average Bonchev–Trinajstić information content (AvgIpc) is 3.61. The summed E-state index contributed by atoms with van der Waals surface area (Å²) in [6.45, 7) is 13.6. The first kappa shape index (κ1) is 36.3. The van der Waals surface area contributed by atoms with Crippen LogP contribution in [0.2, 0.25) is 0 Å². The zero-order valence-electron chi connectivity index (χ0n) is 30.5. The second-order valence-electron chi connectivity index (χ2n) is 15.1. The van der Waals surface area contributed by atoms with Crippen LogP contribution in [-0.2, 0) is 9.53 Å². The van der Waals surface area contributed by atoms with E-state index >= 15 is 0 Å². The highest BCUT2D eigenvalue weighted by Crippen LogP contribution is 2.38. The molecule has 0 aromatic carbocycles. The molecule has 3 aromatic rings. The van der Waals surface area contributed by atoms with Gasteiger partial charge in [-0.25, -0.2) is 14.8 Å². The maximum absolute atomic E-state index is 14.4. The van der Waals surface area contributed by atoms with Crippen molar-refractivity contribution in [1.29, 1.82) is 0 Å². The van der Waals surface area contributed by atoms with Crippen molar-refractivity contribution in [3.63, 3.8) is 0 Å². The summed E-state index contributed by atoms with van der Waals surface area (Å²) in [7, 11) is 1.68. The van der Waals surface area contributed by atoms with Gasteiger partial charge in [-0.1, -0.05) is 34.6 Å². The number of nitrogens with one attached hydrogen (secondary N) is 1. The Morgan fingerprint density at radius 3 is 2.41 bits per heavy atom. The number of pyridine rings is 2. The van der Waals surface area contributed by atoms with Crippen LogP contribution in [-0.4, -0.2) is 53.3 Å². The van der Waals surface area contributed by atoms with E-state index in [-0.39, 0.29) is 35.4 Å². The Kier molecular flexibility index (Phi) is 12.0. The van der Waals surface area contributed by atoms with E-state index in [2.05, 4.69) is 37.1 Å². The molecule has 10 heteroatoms. The van der Waals surface area contributed by atoms with E-state index in [9.17, 15) is 9.59 Å². The van der Waals surface area contributed by atoms with Crippen LogP contribution in [0, 0.1) is 24.2 Å². The summed E-state index contributed by atoms with van der Waals surface area (Å²) in [6.07, 6.45) is 10.6. The summed E-state index contributed by atoms with van der Waals surface area (Å²) in [4.78, 5) is 43.1. The molecule has 0 aliphatic heterocycles. The molecule has 10 nitrogen and oxygen atoms in total. The van der Waals surface area contributed by atoms with Crippen molar-refractivity contribution in [2.24, 2.45) is 17.3 Å². The lowest BCUT2D eigenvalue weighted by atomic mass is 9.79. The molecule has 2 saturated carbocycles. The Morgan fingerprint density at radius 1 is 1.04 bits per heavy atom. The van der Waals surface area contributed by atoms with Crippen LogP contribution >= 0.6 is 0 Å². The number of alkyl carbamates (subject to hydrolysis) is 1. The number of anilines is 1. The largest absolute Gasteiger partial charge is 0.495 e. The Bertz CT molecular complexity index is 1550. The van der Waals surface area contributed by atoms with Gasteiger partial charge in [-0.3, -0.25) is 14.7 Å². The molecule has 3 heterocycles. The van der Waals surface area contributed by atoms with Gasteiger partial charge in [0.1, 0.15) is 29.6 Å². The fourth-order valence-corrected chi connectivity index (χ4v) is 6.89. The smallest absolute Gasteiger partial charge is 0.407 e. The van der Waals surface area contributed by atoms with Crippen LogP contribution in [0.4, 0.5) is 10.6 Å². The number of nitrogens with zero attached hydrogens (tertiary/aromatic N) is 4. The third kappa shape index (κ3) is 9.40. The van der Waals surface area contributed by atoms with Crippen molar-refractivity contribution in [3.05, 3.63) is 54.0 Å². The van der Waals surface area contributed by atoms with E-state index in [1.54, 1.807) is 19.6 Å². The molecule has 0 spiro atoms. The zero-order chi connectivity index (χ0) is 35.1. The number of hydrogen-bond acceptors (Lipinski definition) is 8. The van der Waals surface area contributed by atoms with Crippen molar-refractivity contribution in [1.82, 2.24) is 20.3 Å². The number of aromatic nitrogens is 3. The van der Waals surface area contributed by atoms with Gasteiger partial charge in [-0.2, -0.15) is 0 Å². The number of amides is 2. The molecular weight excluding hydrogens is 618 g/mol. The van der Waals surface area contributed by atoms with Crippen molar-refractivity contribution < 1.29 is 23.5 Å². The number of aryl methyl sites for hydroxylation is 1. The lowest BCUT2D eigenvalue weighted by Crippen LogP contribution is -2.43. The number of carbonyl (C=O) groups excluding carboxylic acids is 2. The topological polar surface area (TPSA) is 120 Å². The molecule has 3 aromatic heterocycles. The molecular formula is C39H55N5O5. The lowest BCUT2D eigenvalue weighted by molar-refractivity contribution is -0.124. The predicted molar refractivity (Wildman–Crippen MR) is 191 cm³/mol. The van der Waals surface area contributed by atoms with Crippen LogP contribution < -0.4 is 15.0 Å². The number of ether oxygens (including phenoxy) is 2. The third-order valence-electron chi connectivity index (χ3n) is 10.5. The summed E-state index contributed by atoms with van der Waals surface area (Å²) in [5.41, 5.74) is 3.67. The second kappa shape index (κ2) is 16.2. The molecule has 0 radical (unpaired) electrons. The quantitative estimate of drug-likeness (QED) is 0.203. The molecule has 0 atom stereocenters. The number of methoxy groups -OCH3 is 1. The summed E-state index contributed by atoms with van der Waals surface area (Å²) in [5, 5.41) is 2.92. The van der Waals surface area contributed by atoms with E-state index in [0.717, 1.165) is 60.5 Å². The molecule has 2 aliphatic rings. The monoisotopic (exact) mass is 673 g/mol. The van der Waals surface area contributed by atoms with E-state index in [1.165, 1.54) is 0 Å². The Labute approximate surface area is 291 Å². The fourth-order valence-electron chi connectivity index (χ4n) is 6.89. The van der Waals surface area contributed by atoms with Crippen LogP contribution in [0.15, 0.2) is 41.1 Å². The molecule has 0 saturated heterocycles. The number of hydrogen-bond donors (Lipinski definition) is 1. The molecule has 49 heavy (non-hydrogen) atoms. The second-order valence-corrected chi connectivity index (χ2v) is 15.1. The predicted octanol–water partition coefficient (Wildman–Crippen LogP) is 8.60. The van der Waals surface area contributed by atoms with Gasteiger partial charge < -0.3 is 19.2 Å². The number of rotatable bonds is 12. The van der Waals surface area contributed by atoms with E-state index in [4.69, 9.17) is 23.9 Å². The standard InChI is InChI=1S/C39H55N5O5/c1-8-39(5,6)24-41-38(46)49-31-15-13-29(14-16-31)37(45)44(35-21-30(19-20-40-35)33-23-48-36(43-33)25(2)3)22-27-9-11-28(12-10-27)32-17-18-34(47-7)26(4)42-32/h17-21,23,25,27-29,31H,8-16,22,24H2,1-7H3,(H,41,46). The molecule has 2 amide bonds. The van der Waals surface area contributed by atoms with Crippen LogP contribution in [0.5, 0.6) is 5.75 Å².